The number of hydrogen-bond donors (Lipinski definition) is 1. The van der Waals surface area contributed by atoms with E-state index in [1.807, 2.05) is 0 Å². The van der Waals surface area contributed by atoms with Crippen LogP contribution in [0.1, 0.15) is 46.0 Å². The van der Waals surface area contributed by atoms with Gasteiger partial charge in [0.1, 0.15) is 0 Å². The molecule has 0 aliphatic heterocycles. The van der Waals surface area contributed by atoms with Gasteiger partial charge in [0.15, 0.2) is 0 Å². The highest BCUT2D eigenvalue weighted by molar-refractivity contribution is 5.16. The molecule has 0 bridgehead atoms. The largest absolute Gasteiger partial charge is 0.389 e. The van der Waals surface area contributed by atoms with Crippen LogP contribution in [-0.4, -0.2) is 11.2 Å². The Kier molecular flexibility index (Phi) is 2.96. The third kappa shape index (κ3) is 2.20. The Morgan fingerprint density at radius 1 is 1.14 bits per heavy atom. The third-order valence-corrected chi connectivity index (χ3v) is 3.84. The Morgan fingerprint density at radius 2 is 1.79 bits per heavy atom. The predicted molar refractivity (Wildman–Crippen MR) is 59.0 cm³/mol. The first-order valence-electron chi connectivity index (χ1n) is 6.03. The Balaban J connectivity index is 2.00. The van der Waals surface area contributed by atoms with E-state index in [0.29, 0.717) is 0 Å². The van der Waals surface area contributed by atoms with Crippen molar-refractivity contribution in [3.05, 3.63) is 11.6 Å². The molecule has 1 nitrogen and oxygen atoms in total. The molecule has 3 atom stereocenters. The molecule has 2 rings (SSSR count). The molecule has 0 aromatic rings. The molecule has 0 heterocycles. The van der Waals surface area contributed by atoms with E-state index >= 15 is 0 Å². The molecule has 0 radical (unpaired) electrons. The van der Waals surface area contributed by atoms with Crippen molar-refractivity contribution in [1.82, 2.24) is 0 Å². The lowest BCUT2D eigenvalue weighted by Gasteiger charge is -2.32. The Morgan fingerprint density at radius 3 is 2.29 bits per heavy atom. The molecule has 3 unspecified atom stereocenters. The molecule has 2 aliphatic carbocycles. The minimum atomic E-state index is -0.141. The second-order valence-electron chi connectivity index (χ2n) is 5.46. The van der Waals surface area contributed by atoms with Crippen LogP contribution < -0.4 is 0 Å². The van der Waals surface area contributed by atoms with Crippen molar-refractivity contribution < 1.29 is 5.11 Å². The van der Waals surface area contributed by atoms with Gasteiger partial charge in [0.2, 0.25) is 0 Å². The molecule has 0 aromatic carbocycles. The predicted octanol–water partition coefficient (Wildman–Crippen LogP) is 3.14. The molecule has 80 valence electrons. The molecular weight excluding hydrogens is 172 g/mol. The number of rotatable bonds is 1. The molecule has 1 fully saturated rings. The zero-order valence-electron chi connectivity index (χ0n) is 9.37. The standard InChI is InChI=1S/C13H22O/c1-9-5-10(2)7-12(6-9)11-3-4-13(14)8-11/h8-10,12-14H,3-7H2,1-2H3. The molecule has 14 heavy (non-hydrogen) atoms. The van der Waals surface area contributed by atoms with Crippen LogP contribution in [0.2, 0.25) is 0 Å². The van der Waals surface area contributed by atoms with Gasteiger partial charge in [-0.2, -0.15) is 0 Å². The lowest BCUT2D eigenvalue weighted by atomic mass is 9.73. The molecule has 0 amide bonds. The van der Waals surface area contributed by atoms with E-state index in [9.17, 15) is 5.11 Å². The van der Waals surface area contributed by atoms with Crippen molar-refractivity contribution >= 4 is 0 Å². The van der Waals surface area contributed by atoms with Crippen LogP contribution >= 0.6 is 0 Å². The Bertz CT molecular complexity index is 221. The van der Waals surface area contributed by atoms with Crippen LogP contribution in [0.4, 0.5) is 0 Å². The first-order valence-corrected chi connectivity index (χ1v) is 6.03. The van der Waals surface area contributed by atoms with E-state index < -0.39 is 0 Å². The van der Waals surface area contributed by atoms with Crippen LogP contribution in [0.3, 0.4) is 0 Å². The summed E-state index contributed by atoms with van der Waals surface area (Å²) in [5, 5.41) is 9.49. The zero-order valence-corrected chi connectivity index (χ0v) is 9.37. The summed E-state index contributed by atoms with van der Waals surface area (Å²) in [5.74, 6) is 2.54. The summed E-state index contributed by atoms with van der Waals surface area (Å²) in [4.78, 5) is 0. The maximum absolute atomic E-state index is 9.49. The molecular formula is C13H22O. The van der Waals surface area contributed by atoms with Crippen molar-refractivity contribution in [1.29, 1.82) is 0 Å². The van der Waals surface area contributed by atoms with Crippen LogP contribution in [-0.2, 0) is 0 Å². The van der Waals surface area contributed by atoms with Crippen LogP contribution in [0.25, 0.3) is 0 Å². The van der Waals surface area contributed by atoms with Crippen molar-refractivity contribution in [2.45, 2.75) is 52.1 Å². The highest BCUT2D eigenvalue weighted by Gasteiger charge is 2.28. The molecule has 1 heteroatoms. The Hall–Kier alpha value is -0.300. The average Bonchev–Trinajstić information content (AvgIpc) is 2.50. The van der Waals surface area contributed by atoms with E-state index in [0.717, 1.165) is 30.6 Å². The summed E-state index contributed by atoms with van der Waals surface area (Å²) in [6.45, 7) is 4.74. The summed E-state index contributed by atoms with van der Waals surface area (Å²) in [7, 11) is 0. The molecule has 0 spiro atoms. The summed E-state index contributed by atoms with van der Waals surface area (Å²) in [6.07, 6.45) is 8.19. The smallest absolute Gasteiger partial charge is 0.0726 e. The van der Waals surface area contributed by atoms with Gasteiger partial charge in [-0.1, -0.05) is 25.5 Å². The van der Waals surface area contributed by atoms with Crippen LogP contribution in [0.5, 0.6) is 0 Å². The van der Waals surface area contributed by atoms with Gasteiger partial charge >= 0.3 is 0 Å². The topological polar surface area (TPSA) is 20.2 Å². The SMILES string of the molecule is CC1CC(C)CC(C2=CC(O)CC2)C1. The van der Waals surface area contributed by atoms with Crippen molar-refractivity contribution in [3.8, 4) is 0 Å². The molecule has 1 saturated carbocycles. The quantitative estimate of drug-likeness (QED) is 0.636. The van der Waals surface area contributed by atoms with Crippen LogP contribution in [0.15, 0.2) is 11.6 Å². The van der Waals surface area contributed by atoms with E-state index in [1.165, 1.54) is 19.3 Å². The van der Waals surface area contributed by atoms with Crippen molar-refractivity contribution in [2.75, 3.05) is 0 Å². The van der Waals surface area contributed by atoms with Crippen molar-refractivity contribution in [2.24, 2.45) is 17.8 Å². The fourth-order valence-electron chi connectivity index (χ4n) is 3.32. The lowest BCUT2D eigenvalue weighted by Crippen LogP contribution is -2.20. The van der Waals surface area contributed by atoms with Gasteiger partial charge in [-0.05, 0) is 49.9 Å². The number of hydrogen-bond acceptors (Lipinski definition) is 1. The molecule has 0 saturated heterocycles. The molecule has 0 aromatic heterocycles. The first-order chi connectivity index (χ1) is 6.65. The van der Waals surface area contributed by atoms with Gasteiger partial charge in [-0.3, -0.25) is 0 Å². The molecule has 1 N–H and O–H groups in total. The van der Waals surface area contributed by atoms with Crippen LogP contribution in [0, 0.1) is 17.8 Å². The van der Waals surface area contributed by atoms with Crippen molar-refractivity contribution in [3.63, 3.8) is 0 Å². The second kappa shape index (κ2) is 4.06. The van der Waals surface area contributed by atoms with E-state index in [2.05, 4.69) is 19.9 Å². The van der Waals surface area contributed by atoms with Gasteiger partial charge in [0.05, 0.1) is 6.10 Å². The van der Waals surface area contributed by atoms with Gasteiger partial charge < -0.3 is 5.11 Å². The Labute approximate surface area is 87.2 Å². The number of aliphatic hydroxyl groups excluding tert-OH is 1. The summed E-state index contributed by atoms with van der Waals surface area (Å²) < 4.78 is 0. The third-order valence-electron chi connectivity index (χ3n) is 3.84. The van der Waals surface area contributed by atoms with Gasteiger partial charge in [-0.25, -0.2) is 0 Å². The van der Waals surface area contributed by atoms with E-state index in [1.54, 1.807) is 5.57 Å². The van der Waals surface area contributed by atoms with E-state index in [-0.39, 0.29) is 6.10 Å². The first kappa shape index (κ1) is 10.2. The normalized spacial score (nSPS) is 43.8. The minimum Gasteiger partial charge on any atom is -0.389 e. The fourth-order valence-corrected chi connectivity index (χ4v) is 3.32. The molecule has 2 aliphatic rings. The lowest BCUT2D eigenvalue weighted by molar-refractivity contribution is 0.223. The highest BCUT2D eigenvalue weighted by Crippen LogP contribution is 2.40. The second-order valence-corrected chi connectivity index (χ2v) is 5.46. The van der Waals surface area contributed by atoms with Gasteiger partial charge in [0.25, 0.3) is 0 Å². The summed E-state index contributed by atoms with van der Waals surface area (Å²) >= 11 is 0. The monoisotopic (exact) mass is 194 g/mol. The zero-order chi connectivity index (χ0) is 10.1. The summed E-state index contributed by atoms with van der Waals surface area (Å²) in [6, 6.07) is 0. The average molecular weight is 194 g/mol. The number of allylic oxidation sites excluding steroid dienone is 1. The number of aliphatic hydroxyl groups is 1. The van der Waals surface area contributed by atoms with Gasteiger partial charge in [-0.15, -0.1) is 0 Å². The van der Waals surface area contributed by atoms with Gasteiger partial charge in [0, 0.05) is 0 Å². The summed E-state index contributed by atoms with van der Waals surface area (Å²) in [5.41, 5.74) is 1.55. The maximum atomic E-state index is 9.49. The highest BCUT2D eigenvalue weighted by atomic mass is 16.3. The van der Waals surface area contributed by atoms with E-state index in [4.69, 9.17) is 0 Å². The minimum absolute atomic E-state index is 0.141. The fraction of sp³-hybridized carbons (Fsp3) is 0.846. The maximum Gasteiger partial charge on any atom is 0.0726 e.